The van der Waals surface area contributed by atoms with Gasteiger partial charge in [-0.25, -0.2) is 18.4 Å². The first-order valence-corrected chi connectivity index (χ1v) is 16.1. The monoisotopic (exact) mass is 627 g/mol. The third-order valence-electron chi connectivity index (χ3n) is 9.68. The minimum atomic E-state index is -0.890. The largest absolute Gasteiger partial charge is 0.381 e. The number of benzene rings is 2. The number of nitrogens with two attached hydrogens (primary N) is 1. The van der Waals surface area contributed by atoms with E-state index in [1.165, 1.54) is 6.07 Å². The molecule has 5 aromatic rings. The summed E-state index contributed by atoms with van der Waals surface area (Å²) in [5.41, 5.74) is 10.9. The molecular formula is C35H39F2N7O2. The zero-order valence-electron chi connectivity index (χ0n) is 26.4. The van der Waals surface area contributed by atoms with Crippen molar-refractivity contribution >= 4 is 27.8 Å². The number of pyridine rings is 1. The van der Waals surface area contributed by atoms with Gasteiger partial charge in [-0.15, -0.1) is 0 Å². The van der Waals surface area contributed by atoms with Crippen molar-refractivity contribution in [3.05, 3.63) is 77.2 Å². The highest BCUT2D eigenvalue weighted by Crippen LogP contribution is 2.38. The zero-order chi connectivity index (χ0) is 32.1. The van der Waals surface area contributed by atoms with E-state index in [-0.39, 0.29) is 18.5 Å². The van der Waals surface area contributed by atoms with Crippen LogP contribution in [0.4, 0.5) is 8.78 Å². The molecule has 2 fully saturated rings. The summed E-state index contributed by atoms with van der Waals surface area (Å²) in [6, 6.07) is 10.5. The van der Waals surface area contributed by atoms with Crippen molar-refractivity contribution in [2.45, 2.75) is 70.7 Å². The van der Waals surface area contributed by atoms with Gasteiger partial charge in [-0.1, -0.05) is 26.0 Å². The second-order valence-electron chi connectivity index (χ2n) is 13.2. The van der Waals surface area contributed by atoms with Crippen LogP contribution in [-0.4, -0.2) is 67.7 Å². The van der Waals surface area contributed by atoms with Crippen LogP contribution in [-0.2, 0) is 17.7 Å². The maximum absolute atomic E-state index is 13.9. The Kier molecular flexibility index (Phi) is 8.06. The molecule has 46 heavy (non-hydrogen) atoms. The zero-order valence-corrected chi connectivity index (χ0v) is 26.4. The van der Waals surface area contributed by atoms with E-state index >= 15 is 0 Å². The fraction of sp³-hybridized carbons (Fsp3) is 0.429. The maximum Gasteiger partial charge on any atom is 0.251 e. The van der Waals surface area contributed by atoms with E-state index in [1.807, 2.05) is 24.4 Å². The van der Waals surface area contributed by atoms with Crippen LogP contribution >= 0.6 is 0 Å². The minimum absolute atomic E-state index is 0.204. The summed E-state index contributed by atoms with van der Waals surface area (Å²) in [6.07, 6.45) is 8.68. The van der Waals surface area contributed by atoms with Crippen LogP contribution in [0.2, 0.25) is 0 Å². The van der Waals surface area contributed by atoms with Gasteiger partial charge in [-0.2, -0.15) is 10.2 Å². The molecule has 240 valence electrons. The van der Waals surface area contributed by atoms with Gasteiger partial charge in [0.05, 0.1) is 47.9 Å². The molecule has 9 nitrogen and oxygen atoms in total. The quantitative estimate of drug-likeness (QED) is 0.219. The molecule has 7 rings (SSSR count). The van der Waals surface area contributed by atoms with Gasteiger partial charge in [0.15, 0.2) is 17.3 Å². The standard InChI is InChI=1S/C35H39F2N7O2/c1-20(2)12-30-33(34(38)45)32(22-5-7-31-23(14-22)17-39-43(31)19-21-4-6-28(36)29(37)13-21)27-18-40-44(35(27)41-30)24-8-10-42(11-9-24)25-15-26(16-25)46-3/h4-7,13-14,17-18,20,24-26H,8-12,15-16,19H2,1-3H3,(H2,38,45). The normalized spacial score (nSPS) is 19.3. The number of hydrogen-bond donors (Lipinski definition) is 1. The molecule has 1 saturated heterocycles. The number of rotatable bonds is 9. The second-order valence-corrected chi connectivity index (χ2v) is 13.2. The number of halogens is 2. The molecule has 1 saturated carbocycles. The topological polar surface area (TPSA) is 104 Å². The molecule has 2 aliphatic rings. The molecule has 0 radical (unpaired) electrons. The summed E-state index contributed by atoms with van der Waals surface area (Å²) in [5.74, 6) is -2.04. The number of carbonyl (C=O) groups is 1. The molecule has 0 atom stereocenters. The number of nitrogens with zero attached hydrogens (tertiary/aromatic N) is 6. The smallest absolute Gasteiger partial charge is 0.251 e. The van der Waals surface area contributed by atoms with Crippen molar-refractivity contribution in [3.63, 3.8) is 0 Å². The van der Waals surface area contributed by atoms with Crippen LogP contribution in [0.15, 0.2) is 48.8 Å². The van der Waals surface area contributed by atoms with Crippen LogP contribution in [0.1, 0.15) is 67.2 Å². The van der Waals surface area contributed by atoms with Gasteiger partial charge in [0.2, 0.25) is 0 Å². The number of aromatic nitrogens is 5. The van der Waals surface area contributed by atoms with Crippen LogP contribution in [0.25, 0.3) is 33.1 Å². The van der Waals surface area contributed by atoms with Crippen molar-refractivity contribution < 1.29 is 18.3 Å². The molecule has 2 N–H and O–H groups in total. The van der Waals surface area contributed by atoms with E-state index < -0.39 is 17.5 Å². The van der Waals surface area contributed by atoms with E-state index in [1.54, 1.807) is 24.1 Å². The van der Waals surface area contributed by atoms with Crippen molar-refractivity contribution in [3.8, 4) is 11.1 Å². The number of ether oxygens (including phenoxy) is 1. The van der Waals surface area contributed by atoms with E-state index in [0.717, 1.165) is 77.9 Å². The number of likely N-dealkylation sites (tertiary alicyclic amines) is 1. The van der Waals surface area contributed by atoms with Gasteiger partial charge in [0, 0.05) is 42.6 Å². The van der Waals surface area contributed by atoms with Crippen LogP contribution in [0.5, 0.6) is 0 Å². The minimum Gasteiger partial charge on any atom is -0.381 e. The van der Waals surface area contributed by atoms with Gasteiger partial charge in [0.25, 0.3) is 5.91 Å². The van der Waals surface area contributed by atoms with Gasteiger partial charge >= 0.3 is 0 Å². The third-order valence-corrected chi connectivity index (χ3v) is 9.68. The number of primary amides is 1. The van der Waals surface area contributed by atoms with E-state index in [4.69, 9.17) is 20.6 Å². The van der Waals surface area contributed by atoms with Gasteiger partial charge in [-0.3, -0.25) is 9.48 Å². The maximum atomic E-state index is 13.9. The first-order valence-electron chi connectivity index (χ1n) is 16.1. The van der Waals surface area contributed by atoms with E-state index in [0.29, 0.717) is 35.4 Å². The van der Waals surface area contributed by atoms with Crippen LogP contribution in [0, 0.1) is 17.6 Å². The Labute approximate surface area is 266 Å². The van der Waals surface area contributed by atoms with Crippen molar-refractivity contribution in [2.24, 2.45) is 11.7 Å². The lowest BCUT2D eigenvalue weighted by Crippen LogP contribution is -2.50. The fourth-order valence-corrected chi connectivity index (χ4v) is 7.18. The van der Waals surface area contributed by atoms with E-state index in [9.17, 15) is 13.6 Å². The lowest BCUT2D eigenvalue weighted by atomic mass is 9.86. The Morgan fingerprint density at radius 1 is 1.02 bits per heavy atom. The van der Waals surface area contributed by atoms with E-state index in [2.05, 4.69) is 28.5 Å². The first kappa shape index (κ1) is 30.4. The Morgan fingerprint density at radius 3 is 2.50 bits per heavy atom. The third kappa shape index (κ3) is 5.55. The first-order chi connectivity index (χ1) is 22.2. The summed E-state index contributed by atoms with van der Waals surface area (Å²) in [6.45, 7) is 6.49. The lowest BCUT2D eigenvalue weighted by Gasteiger charge is -2.45. The predicted octanol–water partition coefficient (Wildman–Crippen LogP) is 5.89. The SMILES string of the molecule is COC1CC(N2CCC(n3ncc4c(-c5ccc6c(cnn6Cc6ccc(F)c(F)c6)c5)c(C(N)=O)c(CC(C)C)nc43)CC2)C1. The summed E-state index contributed by atoms with van der Waals surface area (Å²) in [5, 5.41) is 11.0. The number of piperidine rings is 1. The summed E-state index contributed by atoms with van der Waals surface area (Å²) >= 11 is 0. The highest BCUT2D eigenvalue weighted by molar-refractivity contribution is 6.09. The van der Waals surface area contributed by atoms with Gasteiger partial charge in [0.1, 0.15) is 0 Å². The van der Waals surface area contributed by atoms with Gasteiger partial charge in [-0.05, 0) is 73.4 Å². The molecule has 3 aromatic heterocycles. The molecular weight excluding hydrogens is 588 g/mol. The molecule has 11 heteroatoms. The Morgan fingerprint density at radius 2 is 1.80 bits per heavy atom. The molecule has 1 aliphatic heterocycles. The Hall–Kier alpha value is -4.22. The van der Waals surface area contributed by atoms with Crippen molar-refractivity contribution in [1.29, 1.82) is 0 Å². The average Bonchev–Trinajstić information content (AvgIpc) is 3.61. The molecule has 2 aromatic carbocycles. The number of carbonyl (C=O) groups excluding carboxylic acids is 1. The number of fused-ring (bicyclic) bond motifs is 2. The summed E-state index contributed by atoms with van der Waals surface area (Å²) in [4.78, 5) is 20.8. The van der Waals surface area contributed by atoms with Crippen LogP contribution in [0.3, 0.4) is 0 Å². The fourth-order valence-electron chi connectivity index (χ4n) is 7.18. The lowest BCUT2D eigenvalue weighted by molar-refractivity contribution is -0.0358. The number of hydrogen-bond acceptors (Lipinski definition) is 6. The average molecular weight is 628 g/mol. The predicted molar refractivity (Wildman–Crippen MR) is 172 cm³/mol. The van der Waals surface area contributed by atoms with Crippen LogP contribution < -0.4 is 5.73 Å². The molecule has 4 heterocycles. The number of methoxy groups -OCH3 is 1. The summed E-state index contributed by atoms with van der Waals surface area (Å²) < 4.78 is 36.6. The molecule has 0 unspecified atom stereocenters. The second kappa shape index (κ2) is 12.2. The Bertz CT molecular complexity index is 1920. The summed E-state index contributed by atoms with van der Waals surface area (Å²) in [7, 11) is 1.79. The Balaban J connectivity index is 1.26. The molecule has 1 amide bonds. The highest BCUT2D eigenvalue weighted by atomic mass is 19.2. The molecule has 0 spiro atoms. The van der Waals surface area contributed by atoms with Crippen molar-refractivity contribution in [1.82, 2.24) is 29.4 Å². The highest BCUT2D eigenvalue weighted by Gasteiger charge is 2.36. The number of amides is 1. The molecule has 0 bridgehead atoms. The molecule has 1 aliphatic carbocycles. The van der Waals surface area contributed by atoms with Gasteiger partial charge < -0.3 is 15.4 Å². The van der Waals surface area contributed by atoms with Crippen molar-refractivity contribution in [2.75, 3.05) is 20.2 Å².